The smallest absolute Gasteiger partial charge is 0.222 e. The van der Waals surface area contributed by atoms with Crippen molar-refractivity contribution in [3.63, 3.8) is 0 Å². The first-order chi connectivity index (χ1) is 11.5. The van der Waals surface area contributed by atoms with E-state index < -0.39 is 6.10 Å². The van der Waals surface area contributed by atoms with Gasteiger partial charge in [-0.15, -0.1) is 0 Å². The number of carbonyl (C=O) groups excluding carboxylic acids is 1. The Kier molecular flexibility index (Phi) is 5.41. The van der Waals surface area contributed by atoms with E-state index in [1.54, 1.807) is 0 Å². The molecule has 1 amide bonds. The summed E-state index contributed by atoms with van der Waals surface area (Å²) in [5, 5.41) is 10.5. The van der Waals surface area contributed by atoms with Crippen molar-refractivity contribution in [2.45, 2.75) is 37.8 Å². The number of aliphatic hydroxyl groups is 1. The molecule has 0 radical (unpaired) electrons. The Morgan fingerprint density at radius 3 is 2.79 bits per heavy atom. The second-order valence-corrected chi connectivity index (χ2v) is 7.24. The molecule has 2 atom stereocenters. The number of rotatable bonds is 6. The number of hydrogen-bond donors (Lipinski definition) is 1. The summed E-state index contributed by atoms with van der Waals surface area (Å²) in [4.78, 5) is 18.0. The fraction of sp³-hybridized carbons (Fsp3) is 0.632. The Labute approximate surface area is 144 Å². The maximum absolute atomic E-state index is 11.7. The van der Waals surface area contributed by atoms with Crippen LogP contribution in [0.1, 0.15) is 37.3 Å². The van der Waals surface area contributed by atoms with E-state index in [1.165, 1.54) is 11.3 Å². The average molecular weight is 331 g/mol. The molecule has 1 aromatic rings. The fourth-order valence-electron chi connectivity index (χ4n) is 3.91. The van der Waals surface area contributed by atoms with Crippen molar-refractivity contribution in [1.82, 2.24) is 9.80 Å². The van der Waals surface area contributed by atoms with Crippen LogP contribution >= 0.6 is 0 Å². The Balaban J connectivity index is 1.62. The molecule has 0 aromatic heterocycles. The van der Waals surface area contributed by atoms with Gasteiger partial charge < -0.3 is 14.9 Å². The summed E-state index contributed by atoms with van der Waals surface area (Å²) in [5.41, 5.74) is 2.53. The van der Waals surface area contributed by atoms with Gasteiger partial charge in [0.25, 0.3) is 0 Å². The topological polar surface area (TPSA) is 47.0 Å². The number of amides is 1. The van der Waals surface area contributed by atoms with Crippen molar-refractivity contribution in [2.75, 3.05) is 45.2 Å². The van der Waals surface area contributed by atoms with Gasteiger partial charge >= 0.3 is 0 Å². The molecule has 2 fully saturated rings. The molecule has 5 heteroatoms. The molecule has 0 saturated carbocycles. The second-order valence-electron chi connectivity index (χ2n) is 7.24. The minimum atomic E-state index is -0.468. The third kappa shape index (κ3) is 3.90. The largest absolute Gasteiger partial charge is 0.390 e. The number of hydrogen-bond acceptors (Lipinski definition) is 4. The second kappa shape index (κ2) is 7.53. The Morgan fingerprint density at radius 1 is 1.25 bits per heavy atom. The van der Waals surface area contributed by atoms with Gasteiger partial charge in [-0.3, -0.25) is 9.69 Å². The highest BCUT2D eigenvalue weighted by molar-refractivity contribution is 5.78. The van der Waals surface area contributed by atoms with Gasteiger partial charge in [-0.2, -0.15) is 0 Å². The van der Waals surface area contributed by atoms with Crippen LogP contribution in [0.15, 0.2) is 24.3 Å². The number of β-amino-alcohol motifs (C(OH)–C–C–N with tert-alkyl or cyclic N) is 1. The molecule has 3 rings (SSSR count). The van der Waals surface area contributed by atoms with Crippen molar-refractivity contribution in [3.05, 3.63) is 29.8 Å². The van der Waals surface area contributed by atoms with Gasteiger partial charge in [-0.1, -0.05) is 12.1 Å². The zero-order valence-electron chi connectivity index (χ0n) is 14.8. The number of likely N-dealkylation sites (tertiary alicyclic amines) is 2. The molecule has 0 aliphatic carbocycles. The van der Waals surface area contributed by atoms with Crippen LogP contribution in [0.2, 0.25) is 0 Å². The van der Waals surface area contributed by atoms with Crippen LogP contribution in [0.3, 0.4) is 0 Å². The maximum Gasteiger partial charge on any atom is 0.222 e. The summed E-state index contributed by atoms with van der Waals surface area (Å²) in [7, 11) is 4.12. The summed E-state index contributed by atoms with van der Waals surface area (Å²) in [6.45, 7) is 2.92. The fourth-order valence-corrected chi connectivity index (χ4v) is 3.91. The van der Waals surface area contributed by atoms with Crippen molar-refractivity contribution in [1.29, 1.82) is 0 Å². The Morgan fingerprint density at radius 2 is 2.08 bits per heavy atom. The zero-order valence-corrected chi connectivity index (χ0v) is 14.8. The molecule has 2 unspecified atom stereocenters. The van der Waals surface area contributed by atoms with Gasteiger partial charge in [-0.05, 0) is 43.5 Å². The lowest BCUT2D eigenvalue weighted by molar-refractivity contribution is -0.129. The lowest BCUT2D eigenvalue weighted by Gasteiger charge is -2.29. The lowest BCUT2D eigenvalue weighted by atomic mass is 10.0. The Hall–Kier alpha value is -1.59. The first-order valence-corrected chi connectivity index (χ1v) is 9.02. The number of aliphatic hydroxyl groups excluding tert-OH is 1. The van der Waals surface area contributed by atoms with E-state index in [2.05, 4.69) is 48.2 Å². The van der Waals surface area contributed by atoms with E-state index in [1.807, 2.05) is 4.90 Å². The van der Waals surface area contributed by atoms with Crippen molar-refractivity contribution in [2.24, 2.45) is 0 Å². The van der Waals surface area contributed by atoms with E-state index >= 15 is 0 Å². The predicted octanol–water partition coefficient (Wildman–Crippen LogP) is 1.87. The summed E-state index contributed by atoms with van der Waals surface area (Å²) in [6, 6.07) is 9.04. The van der Waals surface area contributed by atoms with Crippen LogP contribution in [0, 0.1) is 0 Å². The third-order valence-electron chi connectivity index (χ3n) is 5.18. The highest BCUT2D eigenvalue weighted by atomic mass is 16.3. The molecule has 0 bridgehead atoms. The van der Waals surface area contributed by atoms with Crippen molar-refractivity contribution < 1.29 is 9.90 Å². The van der Waals surface area contributed by atoms with Crippen LogP contribution < -0.4 is 4.90 Å². The van der Waals surface area contributed by atoms with Crippen molar-refractivity contribution >= 4 is 11.6 Å². The van der Waals surface area contributed by atoms with Crippen LogP contribution in [0.25, 0.3) is 0 Å². The van der Waals surface area contributed by atoms with Crippen LogP contribution in [-0.2, 0) is 4.79 Å². The third-order valence-corrected chi connectivity index (χ3v) is 5.18. The molecular formula is C19H29N3O2. The van der Waals surface area contributed by atoms with E-state index in [9.17, 15) is 9.90 Å². The van der Waals surface area contributed by atoms with Crippen LogP contribution in [-0.4, -0.2) is 67.2 Å². The molecule has 1 N–H and O–H groups in total. The molecule has 0 spiro atoms. The quantitative estimate of drug-likeness (QED) is 0.864. The first kappa shape index (κ1) is 17.2. The highest BCUT2D eigenvalue weighted by Gasteiger charge is 2.29. The summed E-state index contributed by atoms with van der Waals surface area (Å²) in [5.74, 6) is 0.186. The van der Waals surface area contributed by atoms with Gasteiger partial charge in [-0.25, -0.2) is 0 Å². The van der Waals surface area contributed by atoms with Gasteiger partial charge in [0.15, 0.2) is 0 Å². The van der Waals surface area contributed by atoms with E-state index in [0.29, 0.717) is 25.6 Å². The standard InChI is InChI=1S/C19H29N3O2/c1-20(2)16-7-3-6-15(12-16)18-8-4-10-21(18)13-17(23)14-22-11-5-9-19(22)24/h3,6-7,12,17-18,23H,4-5,8-11,13-14H2,1-2H3. The van der Waals surface area contributed by atoms with E-state index in [0.717, 1.165) is 32.4 Å². The first-order valence-electron chi connectivity index (χ1n) is 9.02. The molecule has 132 valence electrons. The lowest BCUT2D eigenvalue weighted by Crippen LogP contribution is -2.40. The zero-order chi connectivity index (χ0) is 17.1. The van der Waals surface area contributed by atoms with Gasteiger partial charge in [0.05, 0.1) is 6.10 Å². The monoisotopic (exact) mass is 331 g/mol. The van der Waals surface area contributed by atoms with Gasteiger partial charge in [0.1, 0.15) is 0 Å². The minimum Gasteiger partial charge on any atom is -0.390 e. The molecule has 2 heterocycles. The number of benzene rings is 1. The number of nitrogens with zero attached hydrogens (tertiary/aromatic N) is 3. The average Bonchev–Trinajstić information content (AvgIpc) is 3.17. The molecule has 1 aromatic carbocycles. The highest BCUT2D eigenvalue weighted by Crippen LogP contribution is 2.33. The summed E-state index contributed by atoms with van der Waals surface area (Å²) < 4.78 is 0. The molecule has 2 saturated heterocycles. The summed E-state index contributed by atoms with van der Waals surface area (Å²) >= 11 is 0. The Bertz CT molecular complexity index is 575. The summed E-state index contributed by atoms with van der Waals surface area (Å²) in [6.07, 6.45) is 3.38. The van der Waals surface area contributed by atoms with E-state index in [4.69, 9.17) is 0 Å². The molecule has 2 aliphatic rings. The van der Waals surface area contributed by atoms with Gasteiger partial charge in [0, 0.05) is 51.9 Å². The van der Waals surface area contributed by atoms with E-state index in [-0.39, 0.29) is 5.91 Å². The van der Waals surface area contributed by atoms with Crippen LogP contribution in [0.4, 0.5) is 5.69 Å². The van der Waals surface area contributed by atoms with Gasteiger partial charge in [0.2, 0.25) is 5.91 Å². The van der Waals surface area contributed by atoms with Crippen LogP contribution in [0.5, 0.6) is 0 Å². The molecular weight excluding hydrogens is 302 g/mol. The number of anilines is 1. The molecule has 5 nitrogen and oxygen atoms in total. The SMILES string of the molecule is CN(C)c1cccc(C2CCCN2CC(O)CN2CCCC2=O)c1. The molecule has 24 heavy (non-hydrogen) atoms. The number of carbonyl (C=O) groups is 1. The predicted molar refractivity (Wildman–Crippen MR) is 96.1 cm³/mol. The maximum atomic E-state index is 11.7. The minimum absolute atomic E-state index is 0.186. The van der Waals surface area contributed by atoms with Crippen molar-refractivity contribution in [3.8, 4) is 0 Å². The molecule has 2 aliphatic heterocycles. The normalized spacial score (nSPS) is 23.0.